The van der Waals surface area contributed by atoms with Gasteiger partial charge in [-0.15, -0.1) is 0 Å². The fraction of sp³-hybridized carbons (Fsp3) is 0.529. The largest absolute Gasteiger partial charge is 0.396 e. The van der Waals surface area contributed by atoms with Crippen LogP contribution in [0.5, 0.6) is 0 Å². The molecule has 0 amide bonds. The van der Waals surface area contributed by atoms with E-state index in [0.29, 0.717) is 5.92 Å². The van der Waals surface area contributed by atoms with E-state index in [0.717, 1.165) is 19.3 Å². The molecule has 0 bridgehead atoms. The van der Waals surface area contributed by atoms with Crippen molar-refractivity contribution in [2.45, 2.75) is 46.0 Å². The van der Waals surface area contributed by atoms with Crippen molar-refractivity contribution in [2.75, 3.05) is 6.61 Å². The van der Waals surface area contributed by atoms with E-state index in [1.54, 1.807) is 0 Å². The predicted octanol–water partition coefficient (Wildman–Crippen LogP) is 4.32. The lowest BCUT2D eigenvalue weighted by Gasteiger charge is -2.23. The van der Waals surface area contributed by atoms with Crippen LogP contribution in [0.3, 0.4) is 0 Å². The standard InChI is InChI=1S/C17H24O/c1-13-3-7-15(8-4-13)11-17(12-18)16-9-5-14(2)6-10-16/h3,5,7,9,17-18H,4,6,8,10-12H2,1-2H3. The summed E-state index contributed by atoms with van der Waals surface area (Å²) in [6.45, 7) is 4.64. The second-order valence-electron chi connectivity index (χ2n) is 5.68. The van der Waals surface area contributed by atoms with Gasteiger partial charge in [0, 0.05) is 12.5 Å². The predicted molar refractivity (Wildman–Crippen MR) is 77.3 cm³/mol. The molecule has 2 rings (SSSR count). The molecule has 0 aromatic carbocycles. The van der Waals surface area contributed by atoms with Gasteiger partial charge in [0.1, 0.15) is 0 Å². The first-order chi connectivity index (χ1) is 8.69. The number of rotatable bonds is 4. The molecule has 18 heavy (non-hydrogen) atoms. The summed E-state index contributed by atoms with van der Waals surface area (Å²) in [6.07, 6.45) is 14.6. The second kappa shape index (κ2) is 6.19. The topological polar surface area (TPSA) is 20.2 Å². The fourth-order valence-electron chi connectivity index (χ4n) is 2.68. The zero-order chi connectivity index (χ0) is 13.0. The lowest BCUT2D eigenvalue weighted by atomic mass is 9.84. The van der Waals surface area contributed by atoms with Crippen LogP contribution in [0.15, 0.2) is 46.6 Å². The van der Waals surface area contributed by atoms with Crippen molar-refractivity contribution in [3.63, 3.8) is 0 Å². The molecule has 98 valence electrons. The monoisotopic (exact) mass is 244 g/mol. The molecule has 0 aliphatic heterocycles. The lowest BCUT2D eigenvalue weighted by molar-refractivity contribution is 0.242. The highest BCUT2D eigenvalue weighted by atomic mass is 16.3. The summed E-state index contributed by atoms with van der Waals surface area (Å²) in [6, 6.07) is 0. The van der Waals surface area contributed by atoms with Gasteiger partial charge < -0.3 is 5.11 Å². The molecule has 2 aliphatic rings. The zero-order valence-corrected chi connectivity index (χ0v) is 11.6. The highest BCUT2D eigenvalue weighted by Crippen LogP contribution is 2.31. The highest BCUT2D eigenvalue weighted by molar-refractivity contribution is 5.28. The highest BCUT2D eigenvalue weighted by Gasteiger charge is 2.17. The van der Waals surface area contributed by atoms with Crippen molar-refractivity contribution < 1.29 is 5.11 Å². The van der Waals surface area contributed by atoms with Crippen LogP contribution in [0.25, 0.3) is 0 Å². The van der Waals surface area contributed by atoms with Gasteiger partial charge in [0.2, 0.25) is 0 Å². The molecule has 0 radical (unpaired) electrons. The minimum Gasteiger partial charge on any atom is -0.396 e. The third kappa shape index (κ3) is 3.46. The van der Waals surface area contributed by atoms with Crippen molar-refractivity contribution in [2.24, 2.45) is 5.92 Å². The Labute approximate surface area is 111 Å². The van der Waals surface area contributed by atoms with Crippen molar-refractivity contribution in [1.82, 2.24) is 0 Å². The van der Waals surface area contributed by atoms with Crippen LogP contribution in [-0.4, -0.2) is 11.7 Å². The summed E-state index contributed by atoms with van der Waals surface area (Å²) in [5.74, 6) is 0.326. The Morgan fingerprint density at radius 1 is 0.944 bits per heavy atom. The fourth-order valence-corrected chi connectivity index (χ4v) is 2.68. The molecule has 0 aromatic rings. The minimum atomic E-state index is 0.277. The van der Waals surface area contributed by atoms with Gasteiger partial charge in [-0.3, -0.25) is 0 Å². The van der Waals surface area contributed by atoms with Crippen LogP contribution in [-0.2, 0) is 0 Å². The molecule has 1 nitrogen and oxygen atoms in total. The Balaban J connectivity index is 2.02. The Morgan fingerprint density at radius 2 is 1.61 bits per heavy atom. The smallest absolute Gasteiger partial charge is 0.0499 e. The maximum absolute atomic E-state index is 9.62. The molecular formula is C17H24O. The Kier molecular flexibility index (Phi) is 4.60. The third-order valence-electron chi connectivity index (χ3n) is 4.09. The van der Waals surface area contributed by atoms with Crippen molar-refractivity contribution in [3.05, 3.63) is 46.6 Å². The normalized spacial score (nSPS) is 21.7. The molecular weight excluding hydrogens is 220 g/mol. The van der Waals surface area contributed by atoms with Gasteiger partial charge in [0.15, 0.2) is 0 Å². The van der Waals surface area contributed by atoms with E-state index in [9.17, 15) is 5.11 Å². The minimum absolute atomic E-state index is 0.277. The molecule has 0 spiro atoms. The first-order valence-corrected chi connectivity index (χ1v) is 7.01. The molecule has 0 saturated carbocycles. The number of allylic oxidation sites excluding steroid dienone is 7. The summed E-state index contributed by atoms with van der Waals surface area (Å²) >= 11 is 0. The van der Waals surface area contributed by atoms with Gasteiger partial charge in [-0.1, -0.05) is 46.6 Å². The number of hydrogen-bond donors (Lipinski definition) is 1. The number of aliphatic hydroxyl groups is 1. The van der Waals surface area contributed by atoms with E-state index in [2.05, 4.69) is 38.2 Å². The molecule has 0 saturated heterocycles. The molecule has 2 aliphatic carbocycles. The van der Waals surface area contributed by atoms with Gasteiger partial charge in [-0.2, -0.15) is 0 Å². The molecule has 1 N–H and O–H groups in total. The summed E-state index contributed by atoms with van der Waals surface area (Å²) in [5, 5.41) is 9.62. The summed E-state index contributed by atoms with van der Waals surface area (Å²) in [7, 11) is 0. The van der Waals surface area contributed by atoms with Crippen molar-refractivity contribution in [3.8, 4) is 0 Å². The van der Waals surface area contributed by atoms with E-state index in [-0.39, 0.29) is 6.61 Å². The van der Waals surface area contributed by atoms with E-state index in [1.165, 1.54) is 35.1 Å². The maximum atomic E-state index is 9.62. The van der Waals surface area contributed by atoms with Crippen LogP contribution in [0.2, 0.25) is 0 Å². The molecule has 0 fully saturated rings. The van der Waals surface area contributed by atoms with Crippen LogP contribution < -0.4 is 0 Å². The molecule has 0 aromatic heterocycles. The number of aliphatic hydroxyl groups excluding tert-OH is 1. The Hall–Kier alpha value is -1.08. The Morgan fingerprint density at radius 3 is 2.11 bits per heavy atom. The SMILES string of the molecule is CC1=CC=C(CC(CO)C2=CC=C(C)CC2)CC1. The van der Waals surface area contributed by atoms with Crippen LogP contribution in [0.1, 0.15) is 46.0 Å². The van der Waals surface area contributed by atoms with Crippen molar-refractivity contribution >= 4 is 0 Å². The lowest BCUT2D eigenvalue weighted by Crippen LogP contribution is -2.13. The zero-order valence-electron chi connectivity index (χ0n) is 11.6. The third-order valence-corrected chi connectivity index (χ3v) is 4.09. The van der Waals surface area contributed by atoms with E-state index < -0.39 is 0 Å². The van der Waals surface area contributed by atoms with Gasteiger partial charge in [-0.25, -0.2) is 0 Å². The van der Waals surface area contributed by atoms with Gasteiger partial charge >= 0.3 is 0 Å². The van der Waals surface area contributed by atoms with Crippen LogP contribution >= 0.6 is 0 Å². The molecule has 1 atom stereocenters. The van der Waals surface area contributed by atoms with E-state index >= 15 is 0 Å². The maximum Gasteiger partial charge on any atom is 0.0499 e. The number of hydrogen-bond acceptors (Lipinski definition) is 1. The van der Waals surface area contributed by atoms with E-state index in [1.807, 2.05) is 0 Å². The quantitative estimate of drug-likeness (QED) is 0.781. The van der Waals surface area contributed by atoms with Crippen molar-refractivity contribution in [1.29, 1.82) is 0 Å². The van der Waals surface area contributed by atoms with Crippen LogP contribution in [0, 0.1) is 5.92 Å². The molecule has 1 heteroatoms. The summed E-state index contributed by atoms with van der Waals surface area (Å²) < 4.78 is 0. The van der Waals surface area contributed by atoms with Crippen LogP contribution in [0.4, 0.5) is 0 Å². The van der Waals surface area contributed by atoms with Gasteiger partial charge in [0.25, 0.3) is 0 Å². The van der Waals surface area contributed by atoms with Gasteiger partial charge in [-0.05, 0) is 46.0 Å². The van der Waals surface area contributed by atoms with Gasteiger partial charge in [0.05, 0.1) is 0 Å². The first-order valence-electron chi connectivity index (χ1n) is 7.01. The second-order valence-corrected chi connectivity index (χ2v) is 5.68. The molecule has 1 unspecified atom stereocenters. The first kappa shape index (κ1) is 13.4. The molecule has 0 heterocycles. The summed E-state index contributed by atoms with van der Waals surface area (Å²) in [4.78, 5) is 0. The summed E-state index contributed by atoms with van der Waals surface area (Å²) in [5.41, 5.74) is 5.84. The van der Waals surface area contributed by atoms with E-state index in [4.69, 9.17) is 0 Å². The Bertz CT molecular complexity index is 421. The average Bonchev–Trinajstić information content (AvgIpc) is 2.39. The average molecular weight is 244 g/mol.